The van der Waals surface area contributed by atoms with Gasteiger partial charge in [0.15, 0.2) is 0 Å². The second-order valence-corrected chi connectivity index (χ2v) is 29.3. The van der Waals surface area contributed by atoms with Crippen LogP contribution in [0.4, 0.5) is 8.78 Å². The molecule has 320 valence electrons. The summed E-state index contributed by atoms with van der Waals surface area (Å²) in [5, 5.41) is 0. The molecule has 2 aromatic carbocycles. The van der Waals surface area contributed by atoms with E-state index < -0.39 is 30.0 Å². The third-order valence-corrected chi connectivity index (χ3v) is 30.2. The Bertz CT molecular complexity index is 1790. The minimum Gasteiger partial charge on any atom is -0.241 e. The van der Waals surface area contributed by atoms with Gasteiger partial charge in [0.05, 0.1) is 0 Å². The quantitative estimate of drug-likeness (QED) is 0.243. The molecule has 9 rings (SSSR count). The Labute approximate surface area is 347 Å². The van der Waals surface area contributed by atoms with Gasteiger partial charge in [-0.2, -0.15) is 18.1 Å². The summed E-state index contributed by atoms with van der Waals surface area (Å²) in [6, 6.07) is 14.3. The van der Waals surface area contributed by atoms with Crippen LogP contribution in [0.15, 0.2) is 66.6 Å². The van der Waals surface area contributed by atoms with Crippen LogP contribution in [0, 0.1) is 11.6 Å². The molecule has 12 nitrogen and oxygen atoms in total. The zero-order valence-electron chi connectivity index (χ0n) is 34.9. The topological polar surface area (TPSA) is 75.4 Å². The maximum Gasteiger partial charge on any atom is 0.221 e. The van der Waals surface area contributed by atoms with Crippen molar-refractivity contribution in [1.29, 1.82) is 0 Å². The molecule has 7 aliphatic rings. The predicted molar refractivity (Wildman–Crippen MR) is 238 cm³/mol. The Hall–Kier alpha value is -1.10. The van der Waals surface area contributed by atoms with E-state index in [-0.39, 0.29) is 11.6 Å². The fourth-order valence-corrected chi connectivity index (χ4v) is 31.7. The monoisotopic (exact) mass is 876 g/mol. The molecule has 6 fully saturated rings. The largest absolute Gasteiger partial charge is 0.241 e. The highest BCUT2D eigenvalue weighted by atomic mass is 31.3. The minimum absolute atomic E-state index is 0.204. The van der Waals surface area contributed by atoms with Gasteiger partial charge in [-0.1, -0.05) is 49.9 Å². The Balaban J connectivity index is 1.39. The highest BCUT2D eigenvalue weighted by Gasteiger charge is 2.54. The van der Waals surface area contributed by atoms with Crippen molar-refractivity contribution in [2.75, 3.05) is 92.6 Å². The summed E-state index contributed by atoms with van der Waals surface area (Å²) in [5.41, 5.74) is 2.20. The van der Waals surface area contributed by atoms with Crippen LogP contribution in [0.2, 0.25) is 0 Å². The molecule has 2 unspecified atom stereocenters. The van der Waals surface area contributed by atoms with E-state index in [2.05, 4.69) is 51.5 Å². The fourth-order valence-electron chi connectivity index (χ4n) is 10.0. The smallest absolute Gasteiger partial charge is 0.221 e. The molecular formula is C40H66F2N12P4. The summed E-state index contributed by atoms with van der Waals surface area (Å²) >= 11 is 0. The lowest BCUT2D eigenvalue weighted by Crippen LogP contribution is -2.39. The van der Waals surface area contributed by atoms with Crippen molar-refractivity contribution < 1.29 is 8.78 Å². The molecule has 0 bridgehead atoms. The molecule has 2 spiro atoms. The Morgan fingerprint density at radius 2 is 0.655 bits per heavy atom. The van der Waals surface area contributed by atoms with E-state index in [9.17, 15) is 8.78 Å². The van der Waals surface area contributed by atoms with Crippen LogP contribution < -0.4 is 0 Å². The van der Waals surface area contributed by atoms with E-state index in [4.69, 9.17) is 18.1 Å². The third kappa shape index (κ3) is 8.03. The third-order valence-electron chi connectivity index (χ3n) is 13.4. The van der Waals surface area contributed by atoms with Crippen molar-refractivity contribution in [3.05, 3.63) is 71.3 Å². The van der Waals surface area contributed by atoms with Gasteiger partial charge in [0, 0.05) is 91.6 Å². The molecule has 0 amide bonds. The van der Waals surface area contributed by atoms with Crippen LogP contribution in [0.25, 0.3) is 0 Å². The summed E-state index contributed by atoms with van der Waals surface area (Å²) in [6.45, 7) is 12.7. The van der Waals surface area contributed by atoms with Crippen molar-refractivity contribution in [2.24, 2.45) is 18.1 Å². The summed E-state index contributed by atoms with van der Waals surface area (Å²) in [7, 11) is -6.80. The number of rotatable bonds is 8. The van der Waals surface area contributed by atoms with E-state index in [0.29, 0.717) is 13.1 Å². The summed E-state index contributed by atoms with van der Waals surface area (Å²) in [6.07, 6.45) is 14.1. The Kier molecular flexibility index (Phi) is 13.1. The number of piperidine rings is 4. The predicted octanol–water partition coefficient (Wildman–Crippen LogP) is 10.9. The van der Waals surface area contributed by atoms with Gasteiger partial charge in [0.25, 0.3) is 0 Å². The normalized spacial score (nSPS) is 31.4. The molecule has 0 saturated carbocycles. The summed E-state index contributed by atoms with van der Waals surface area (Å²) in [4.78, 5) is 0. The Morgan fingerprint density at radius 1 is 0.379 bits per heavy atom. The van der Waals surface area contributed by atoms with Crippen LogP contribution in [0.3, 0.4) is 0 Å². The van der Waals surface area contributed by atoms with E-state index in [1.807, 2.05) is 24.3 Å². The number of likely N-dealkylation sites (N-methyl/N-ethyl adjacent to an activating group) is 2. The van der Waals surface area contributed by atoms with Gasteiger partial charge in [-0.25, -0.2) is 46.1 Å². The Morgan fingerprint density at radius 3 is 0.948 bits per heavy atom. The standard InChI is InChI=1S/C40H66F2N12P4/c1-47-31-33-53(35-37-15-19-39(41)20-16-37)55(47)43-57(49-23-7-3-8-24-49,50-25-9-4-10-26-50)45-56(48(2)32-34-54(56)36-38-17-21-40(42)22-18-38)46-58(44-55,51-27-11-5-12-28-51)52-29-13-6-14-30-52/h15-22H,3-14,23-36H2,1-2H3. The molecule has 6 saturated heterocycles. The molecule has 0 N–H and O–H groups in total. The average Bonchev–Trinajstić information content (AvgIpc) is 3.72. The highest BCUT2D eigenvalue weighted by Crippen LogP contribution is 2.85. The van der Waals surface area contributed by atoms with Gasteiger partial charge in [-0.05, 0) is 101 Å². The first-order valence-corrected chi connectivity index (χ1v) is 28.6. The van der Waals surface area contributed by atoms with Gasteiger partial charge in [-0.15, -0.1) is 0 Å². The molecule has 7 heterocycles. The van der Waals surface area contributed by atoms with Crippen molar-refractivity contribution in [3.8, 4) is 0 Å². The number of hydrogen-bond donors (Lipinski definition) is 0. The van der Waals surface area contributed by atoms with Crippen LogP contribution in [0.5, 0.6) is 0 Å². The average molecular weight is 877 g/mol. The van der Waals surface area contributed by atoms with Gasteiger partial charge >= 0.3 is 0 Å². The lowest BCUT2D eigenvalue weighted by molar-refractivity contribution is 0.303. The van der Waals surface area contributed by atoms with Gasteiger partial charge < -0.3 is 0 Å². The molecule has 0 radical (unpaired) electrons. The molecule has 2 atom stereocenters. The van der Waals surface area contributed by atoms with Crippen LogP contribution >= 0.6 is 30.0 Å². The van der Waals surface area contributed by atoms with Crippen molar-refractivity contribution in [1.82, 2.24) is 37.4 Å². The molecular weight excluding hydrogens is 810 g/mol. The molecule has 7 aliphatic heterocycles. The maximum atomic E-state index is 14.4. The second-order valence-electron chi connectivity index (χ2n) is 17.4. The van der Waals surface area contributed by atoms with Crippen molar-refractivity contribution in [2.45, 2.75) is 90.1 Å². The van der Waals surface area contributed by atoms with Gasteiger partial charge in [-0.3, -0.25) is 0 Å². The van der Waals surface area contributed by atoms with Gasteiger partial charge in [0.2, 0.25) is 30.0 Å². The minimum atomic E-state index is -2.86. The number of benzene rings is 2. The first-order valence-electron chi connectivity index (χ1n) is 22.2. The SMILES string of the molecule is CN1CCN(Cc2ccc(F)cc2)P12=NP(N1CCCCC1)(N1CCCCC1)=NP1(=NP(N3CCCCC3)(N3CCCCC3)=N2)N(C)CCN1Cc1ccc(F)cc1. The lowest BCUT2D eigenvalue weighted by atomic mass is 10.2. The van der Waals surface area contributed by atoms with Crippen LogP contribution in [-0.4, -0.2) is 130 Å². The van der Waals surface area contributed by atoms with E-state index in [1.54, 1.807) is 24.3 Å². The zero-order valence-corrected chi connectivity index (χ0v) is 38.5. The summed E-state index contributed by atoms with van der Waals surface area (Å²) in [5.74, 6) is -0.407. The molecule has 18 heteroatoms. The second kappa shape index (κ2) is 17.9. The lowest BCUT2D eigenvalue weighted by Gasteiger charge is -2.51. The van der Waals surface area contributed by atoms with Crippen molar-refractivity contribution in [3.63, 3.8) is 0 Å². The van der Waals surface area contributed by atoms with Gasteiger partial charge in [0.1, 0.15) is 11.6 Å². The van der Waals surface area contributed by atoms with Crippen molar-refractivity contribution >= 4 is 30.0 Å². The first-order chi connectivity index (χ1) is 28.2. The first kappa shape index (κ1) is 42.2. The van der Waals surface area contributed by atoms with E-state index >= 15 is 0 Å². The van der Waals surface area contributed by atoms with E-state index in [0.717, 1.165) is 141 Å². The van der Waals surface area contributed by atoms with E-state index in [1.165, 1.54) is 25.7 Å². The number of hydrogen-bond acceptors (Lipinski definition) is 12. The number of halogens is 2. The fraction of sp³-hybridized carbons (Fsp3) is 0.700. The molecule has 0 aliphatic carbocycles. The van der Waals surface area contributed by atoms with Crippen LogP contribution in [0.1, 0.15) is 88.2 Å². The molecule has 0 aromatic heterocycles. The summed E-state index contributed by atoms with van der Waals surface area (Å²) < 4.78 is 76.9. The zero-order chi connectivity index (χ0) is 39.8. The molecule has 2 aromatic rings. The van der Waals surface area contributed by atoms with Crippen LogP contribution in [-0.2, 0) is 13.1 Å². The maximum absolute atomic E-state index is 14.4. The molecule has 58 heavy (non-hydrogen) atoms. The highest BCUT2D eigenvalue weighted by molar-refractivity contribution is 7.83. The number of nitrogens with zero attached hydrogens (tertiary/aromatic N) is 12.